The van der Waals surface area contributed by atoms with E-state index in [1.54, 1.807) is 55.9 Å². The number of esters is 1. The van der Waals surface area contributed by atoms with E-state index in [4.69, 9.17) is 25.6 Å². The molecule has 2 aromatic carbocycles. The van der Waals surface area contributed by atoms with Crippen LogP contribution in [0.1, 0.15) is 23.0 Å². The molecule has 0 atom stereocenters. The number of aryl methyl sites for hydroxylation is 1. The van der Waals surface area contributed by atoms with Gasteiger partial charge in [-0.3, -0.25) is 9.59 Å². The van der Waals surface area contributed by atoms with E-state index >= 15 is 0 Å². The van der Waals surface area contributed by atoms with Crippen LogP contribution < -0.4 is 9.54 Å². The van der Waals surface area contributed by atoms with Crippen LogP contribution >= 0.6 is 22.9 Å². The Morgan fingerprint density at radius 1 is 1.24 bits per heavy atom. The molecule has 0 aliphatic heterocycles. The summed E-state index contributed by atoms with van der Waals surface area (Å²) in [6, 6.07) is 12.5. The Morgan fingerprint density at radius 3 is 2.76 bits per heavy atom. The van der Waals surface area contributed by atoms with Crippen molar-refractivity contribution in [1.29, 1.82) is 0 Å². The Balaban J connectivity index is 1.86. The number of carbonyl (C=O) groups is 2. The highest BCUT2D eigenvalue weighted by Crippen LogP contribution is 2.31. The number of aromatic nitrogens is 2. The standard InChI is InChI=1S/C23H20ClN3O5S/c1-4-31-19(28)12-27-17-10-9-14(30-3)11-18(17)33-23(27)25-22(29)20-13(2)32-26-21(20)15-7-5-6-8-16(15)24/h5-11H,4,12H2,1-3H3. The highest BCUT2D eigenvalue weighted by Gasteiger charge is 2.23. The second kappa shape index (κ2) is 9.60. The van der Waals surface area contributed by atoms with Crippen LogP contribution in [0.3, 0.4) is 0 Å². The van der Waals surface area contributed by atoms with Gasteiger partial charge in [0.05, 0.1) is 29.0 Å². The number of nitrogens with zero attached hydrogens (tertiary/aromatic N) is 3. The number of carbonyl (C=O) groups excluding carboxylic acids is 2. The van der Waals surface area contributed by atoms with Crippen LogP contribution in [0.5, 0.6) is 5.75 Å². The Bertz CT molecular complexity index is 1420. The minimum atomic E-state index is -0.556. The summed E-state index contributed by atoms with van der Waals surface area (Å²) in [6.45, 7) is 3.53. The predicted octanol–water partition coefficient (Wildman–Crippen LogP) is 4.63. The first kappa shape index (κ1) is 22.8. The van der Waals surface area contributed by atoms with Crippen LogP contribution in [0, 0.1) is 6.92 Å². The van der Waals surface area contributed by atoms with E-state index < -0.39 is 11.9 Å². The van der Waals surface area contributed by atoms with Gasteiger partial charge in [-0.2, -0.15) is 4.99 Å². The minimum Gasteiger partial charge on any atom is -0.497 e. The Kier molecular flexibility index (Phi) is 6.62. The molecule has 0 bridgehead atoms. The number of benzene rings is 2. The van der Waals surface area contributed by atoms with E-state index in [1.807, 2.05) is 12.1 Å². The van der Waals surface area contributed by atoms with E-state index in [2.05, 4.69) is 10.1 Å². The summed E-state index contributed by atoms with van der Waals surface area (Å²) in [4.78, 5) is 30.2. The van der Waals surface area contributed by atoms with Crippen molar-refractivity contribution >= 4 is 45.0 Å². The fourth-order valence-electron chi connectivity index (χ4n) is 3.36. The molecule has 10 heteroatoms. The SMILES string of the molecule is CCOC(=O)Cn1c(=NC(=O)c2c(-c3ccccc3Cl)noc2C)sc2cc(OC)ccc21. The second-order valence-electron chi connectivity index (χ2n) is 6.97. The van der Waals surface area contributed by atoms with Crippen LogP contribution in [0.25, 0.3) is 21.5 Å². The van der Waals surface area contributed by atoms with Gasteiger partial charge >= 0.3 is 5.97 Å². The van der Waals surface area contributed by atoms with Gasteiger partial charge in [0.1, 0.15) is 29.3 Å². The molecular formula is C23H20ClN3O5S. The molecule has 0 fully saturated rings. The van der Waals surface area contributed by atoms with Gasteiger partial charge in [-0.25, -0.2) is 0 Å². The lowest BCUT2D eigenvalue weighted by Gasteiger charge is -2.06. The lowest BCUT2D eigenvalue weighted by atomic mass is 10.1. The number of hydrogen-bond donors (Lipinski definition) is 0. The zero-order valence-corrected chi connectivity index (χ0v) is 19.7. The molecule has 2 heterocycles. The summed E-state index contributed by atoms with van der Waals surface area (Å²) in [5.41, 5.74) is 1.82. The quantitative estimate of drug-likeness (QED) is 0.369. The van der Waals surface area contributed by atoms with Crippen molar-refractivity contribution in [2.24, 2.45) is 4.99 Å². The van der Waals surface area contributed by atoms with E-state index in [1.165, 1.54) is 11.3 Å². The molecule has 0 saturated heterocycles. The summed E-state index contributed by atoms with van der Waals surface area (Å²) in [6.07, 6.45) is 0. The fourth-order valence-corrected chi connectivity index (χ4v) is 4.64. The molecule has 0 aliphatic rings. The summed E-state index contributed by atoms with van der Waals surface area (Å²) in [5, 5.41) is 4.47. The molecule has 8 nitrogen and oxygen atoms in total. The minimum absolute atomic E-state index is 0.0910. The van der Waals surface area contributed by atoms with Crippen LogP contribution in [-0.2, 0) is 16.1 Å². The number of rotatable bonds is 6. The number of thiazole rings is 1. The topological polar surface area (TPSA) is 95.9 Å². The fraction of sp³-hybridized carbons (Fsp3) is 0.217. The van der Waals surface area contributed by atoms with Crippen molar-refractivity contribution in [2.75, 3.05) is 13.7 Å². The number of halogens is 1. The third-order valence-corrected chi connectivity index (χ3v) is 6.26. The number of ether oxygens (including phenoxy) is 2. The van der Waals surface area contributed by atoms with E-state index in [0.717, 1.165) is 10.2 Å². The summed E-state index contributed by atoms with van der Waals surface area (Å²) in [5.74, 6) is -0.0150. The third kappa shape index (κ3) is 4.55. The van der Waals surface area contributed by atoms with Crippen LogP contribution in [0.2, 0.25) is 5.02 Å². The van der Waals surface area contributed by atoms with Crippen molar-refractivity contribution < 1.29 is 23.6 Å². The smallest absolute Gasteiger partial charge is 0.326 e. The van der Waals surface area contributed by atoms with Gasteiger partial charge in [0, 0.05) is 5.56 Å². The first-order valence-corrected chi connectivity index (χ1v) is 11.3. The van der Waals surface area contributed by atoms with Gasteiger partial charge in [0.25, 0.3) is 5.91 Å². The van der Waals surface area contributed by atoms with Crippen molar-refractivity contribution in [3.05, 3.63) is 63.6 Å². The maximum atomic E-state index is 13.3. The van der Waals surface area contributed by atoms with Gasteiger partial charge in [0.2, 0.25) is 0 Å². The first-order chi connectivity index (χ1) is 15.9. The highest BCUT2D eigenvalue weighted by atomic mass is 35.5. The van der Waals surface area contributed by atoms with Gasteiger partial charge in [-0.05, 0) is 38.1 Å². The number of amides is 1. The Hall–Kier alpha value is -3.43. The van der Waals surface area contributed by atoms with Crippen LogP contribution in [-0.4, -0.2) is 35.3 Å². The summed E-state index contributed by atoms with van der Waals surface area (Å²) < 4.78 is 18.1. The van der Waals surface area contributed by atoms with Gasteiger partial charge in [-0.15, -0.1) is 0 Å². The molecule has 4 aromatic rings. The van der Waals surface area contributed by atoms with E-state index in [-0.39, 0.29) is 18.7 Å². The number of methoxy groups -OCH3 is 1. The van der Waals surface area contributed by atoms with Crippen molar-refractivity contribution in [2.45, 2.75) is 20.4 Å². The average molecular weight is 486 g/mol. The molecule has 0 N–H and O–H groups in total. The number of hydrogen-bond acceptors (Lipinski definition) is 7. The molecular weight excluding hydrogens is 466 g/mol. The summed E-state index contributed by atoms with van der Waals surface area (Å²) in [7, 11) is 1.57. The molecule has 1 amide bonds. The summed E-state index contributed by atoms with van der Waals surface area (Å²) >= 11 is 7.57. The zero-order valence-electron chi connectivity index (χ0n) is 18.1. The predicted molar refractivity (Wildman–Crippen MR) is 125 cm³/mol. The normalized spacial score (nSPS) is 11.7. The molecule has 4 rings (SSSR count). The van der Waals surface area contributed by atoms with Crippen molar-refractivity contribution in [3.8, 4) is 17.0 Å². The molecule has 170 valence electrons. The van der Waals surface area contributed by atoms with Gasteiger partial charge in [0.15, 0.2) is 4.80 Å². The molecule has 0 unspecified atom stereocenters. The molecule has 33 heavy (non-hydrogen) atoms. The maximum absolute atomic E-state index is 13.3. The Labute approximate surface area is 198 Å². The zero-order chi connectivity index (χ0) is 23.5. The molecule has 0 radical (unpaired) electrons. The van der Waals surface area contributed by atoms with Crippen molar-refractivity contribution in [1.82, 2.24) is 9.72 Å². The molecule has 0 saturated carbocycles. The number of fused-ring (bicyclic) bond motifs is 1. The van der Waals surface area contributed by atoms with Crippen LogP contribution in [0.4, 0.5) is 0 Å². The van der Waals surface area contributed by atoms with Gasteiger partial charge < -0.3 is 18.6 Å². The first-order valence-electron chi connectivity index (χ1n) is 10.1. The van der Waals surface area contributed by atoms with E-state index in [0.29, 0.717) is 32.6 Å². The van der Waals surface area contributed by atoms with Crippen LogP contribution in [0.15, 0.2) is 52.0 Å². The maximum Gasteiger partial charge on any atom is 0.326 e. The molecule has 0 aliphatic carbocycles. The van der Waals surface area contributed by atoms with E-state index in [9.17, 15) is 9.59 Å². The Morgan fingerprint density at radius 2 is 2.03 bits per heavy atom. The lowest BCUT2D eigenvalue weighted by Crippen LogP contribution is -2.23. The van der Waals surface area contributed by atoms with Gasteiger partial charge in [-0.1, -0.05) is 46.3 Å². The molecule has 0 spiro atoms. The monoisotopic (exact) mass is 485 g/mol. The lowest BCUT2D eigenvalue weighted by molar-refractivity contribution is -0.143. The largest absolute Gasteiger partial charge is 0.497 e. The third-order valence-electron chi connectivity index (χ3n) is 4.89. The molecule has 2 aromatic heterocycles. The van der Waals surface area contributed by atoms with Crippen molar-refractivity contribution in [3.63, 3.8) is 0 Å². The highest BCUT2D eigenvalue weighted by molar-refractivity contribution is 7.16. The second-order valence-corrected chi connectivity index (χ2v) is 8.38. The average Bonchev–Trinajstić information content (AvgIpc) is 3.34.